The Kier molecular flexibility index (Phi) is 5.86. The maximum absolute atomic E-state index is 12.4. The molecule has 0 rings (SSSR count). The fourth-order valence-corrected chi connectivity index (χ4v) is 0.813. The van der Waals surface area contributed by atoms with Crippen LogP contribution < -0.4 is 11.2 Å². The topological polar surface area (TPSA) is 76.7 Å². The molecule has 9 heteroatoms. The van der Waals surface area contributed by atoms with Crippen LogP contribution >= 0.6 is 12.2 Å². The lowest BCUT2D eigenvalue weighted by molar-refractivity contribution is -0.146. The number of carbonyl (C=O) groups excluding carboxylic acids is 1. The van der Waals surface area contributed by atoms with Gasteiger partial charge in [-0.2, -0.15) is 18.3 Å². The van der Waals surface area contributed by atoms with Crippen LogP contribution in [0.15, 0.2) is 5.10 Å². The average Bonchev–Trinajstić information content (AvgIpc) is 2.08. The molecule has 0 spiro atoms. The highest BCUT2D eigenvalue weighted by Gasteiger charge is 2.37. The van der Waals surface area contributed by atoms with E-state index in [4.69, 9.17) is 5.73 Å². The summed E-state index contributed by atoms with van der Waals surface area (Å²) >= 11 is 4.30. The molecule has 0 aromatic carbocycles. The number of carbonyl (C=O) groups is 1. The Morgan fingerprint density at radius 1 is 1.53 bits per heavy atom. The van der Waals surface area contributed by atoms with Gasteiger partial charge < -0.3 is 10.5 Å². The van der Waals surface area contributed by atoms with E-state index in [-0.39, 0.29) is 0 Å². The molecule has 0 unspecified atom stereocenters. The monoisotopic (exact) mass is 271 g/mol. The van der Waals surface area contributed by atoms with E-state index in [1.54, 1.807) is 5.43 Å². The summed E-state index contributed by atoms with van der Waals surface area (Å²) in [5, 5.41) is 2.49. The zero-order chi connectivity index (χ0) is 13.6. The van der Waals surface area contributed by atoms with Crippen molar-refractivity contribution in [2.45, 2.75) is 32.5 Å². The average molecular weight is 271 g/mol. The summed E-state index contributed by atoms with van der Waals surface area (Å²) in [6, 6.07) is 0. The Morgan fingerprint density at radius 2 is 2.06 bits per heavy atom. The second kappa shape index (κ2) is 6.38. The maximum atomic E-state index is 12.4. The van der Waals surface area contributed by atoms with Crippen molar-refractivity contribution in [2.24, 2.45) is 10.8 Å². The van der Waals surface area contributed by atoms with Gasteiger partial charge in [-0.05, 0) is 26.1 Å². The Labute approximate surface area is 101 Å². The number of nitrogens with two attached hydrogens (primary N) is 1. The number of hydrazone groups is 1. The van der Waals surface area contributed by atoms with E-state index in [1.165, 1.54) is 13.8 Å². The van der Waals surface area contributed by atoms with Crippen LogP contribution in [0.1, 0.15) is 20.3 Å². The van der Waals surface area contributed by atoms with Crippen molar-refractivity contribution < 1.29 is 22.7 Å². The number of alkyl halides is 3. The first-order valence-electron chi connectivity index (χ1n) is 4.51. The minimum atomic E-state index is -4.76. The van der Waals surface area contributed by atoms with Gasteiger partial charge in [-0.1, -0.05) is 0 Å². The molecule has 0 aliphatic heterocycles. The lowest BCUT2D eigenvalue weighted by Gasteiger charge is -2.12. The first-order chi connectivity index (χ1) is 7.62. The second-order valence-electron chi connectivity index (χ2n) is 3.25. The summed E-state index contributed by atoms with van der Waals surface area (Å²) in [6.45, 7) is 3.05. The van der Waals surface area contributed by atoms with Gasteiger partial charge in [-0.3, -0.25) is 10.2 Å². The molecule has 0 aromatic heterocycles. The third kappa shape index (κ3) is 7.50. The molecule has 0 radical (unpaired) electrons. The number of esters is 1. The van der Waals surface area contributed by atoms with Crippen molar-refractivity contribution in [3.63, 3.8) is 0 Å². The maximum Gasteiger partial charge on any atom is 0.431 e. The molecule has 5 nitrogen and oxygen atoms in total. The third-order valence-electron chi connectivity index (χ3n) is 1.31. The van der Waals surface area contributed by atoms with Crippen LogP contribution in [0.25, 0.3) is 0 Å². The summed E-state index contributed by atoms with van der Waals surface area (Å²) in [6.07, 6.45) is -6.26. The Bertz CT molecular complexity index is 328. The number of nitrogens with one attached hydrogen (secondary N) is 1. The van der Waals surface area contributed by atoms with Gasteiger partial charge in [0.2, 0.25) is 0 Å². The molecule has 17 heavy (non-hydrogen) atoms. The van der Waals surface area contributed by atoms with Crippen LogP contribution in [0.4, 0.5) is 13.2 Å². The summed E-state index contributed by atoms with van der Waals surface area (Å²) in [5.74, 6) is -1.03. The predicted molar refractivity (Wildman–Crippen MR) is 59.3 cm³/mol. The van der Waals surface area contributed by atoms with Crippen molar-refractivity contribution in [1.82, 2.24) is 5.43 Å². The molecule has 0 atom stereocenters. The number of hydrogen-bond donors (Lipinski definition) is 2. The van der Waals surface area contributed by atoms with Crippen molar-refractivity contribution >= 4 is 29.0 Å². The molecule has 0 bridgehead atoms. The summed E-state index contributed by atoms with van der Waals surface area (Å²) in [4.78, 5) is 11.1. The van der Waals surface area contributed by atoms with E-state index < -0.39 is 35.5 Å². The lowest BCUT2D eigenvalue weighted by Crippen LogP contribution is -2.32. The highest BCUT2D eigenvalue weighted by atomic mass is 32.1. The van der Waals surface area contributed by atoms with Crippen molar-refractivity contribution in [1.29, 1.82) is 0 Å². The summed E-state index contributed by atoms with van der Waals surface area (Å²) < 4.78 is 41.8. The van der Waals surface area contributed by atoms with Crippen LogP contribution in [0.2, 0.25) is 0 Å². The minimum Gasteiger partial charge on any atom is -0.463 e. The van der Waals surface area contributed by atoms with E-state index in [0.717, 1.165) is 0 Å². The van der Waals surface area contributed by atoms with Crippen molar-refractivity contribution in [3.8, 4) is 0 Å². The molecular formula is C8H12F3N3O2S. The van der Waals surface area contributed by atoms with E-state index in [9.17, 15) is 18.0 Å². The van der Waals surface area contributed by atoms with Crippen molar-refractivity contribution in [2.75, 3.05) is 0 Å². The van der Waals surface area contributed by atoms with Crippen molar-refractivity contribution in [3.05, 3.63) is 0 Å². The molecule has 0 aliphatic rings. The SMILES string of the molecule is CC(C)OC(=O)CC(=NNC(N)=S)C(F)(F)F. The molecule has 3 N–H and O–H groups in total. The van der Waals surface area contributed by atoms with Gasteiger partial charge in [0.1, 0.15) is 0 Å². The molecule has 0 aromatic rings. The van der Waals surface area contributed by atoms with Gasteiger partial charge in [0.15, 0.2) is 10.8 Å². The number of halogens is 3. The normalized spacial score (nSPS) is 12.5. The molecule has 0 amide bonds. The number of nitrogens with zero attached hydrogens (tertiary/aromatic N) is 1. The van der Waals surface area contributed by atoms with Crippen LogP contribution in [-0.4, -0.2) is 29.1 Å². The van der Waals surface area contributed by atoms with Gasteiger partial charge >= 0.3 is 12.1 Å². The number of ether oxygens (including phenoxy) is 1. The highest BCUT2D eigenvalue weighted by molar-refractivity contribution is 7.80. The van der Waals surface area contributed by atoms with E-state index in [1.807, 2.05) is 0 Å². The highest BCUT2D eigenvalue weighted by Crippen LogP contribution is 2.19. The molecule has 0 aliphatic carbocycles. The largest absolute Gasteiger partial charge is 0.463 e. The summed E-state index contributed by atoms with van der Waals surface area (Å²) in [5.41, 5.74) is 5.35. The lowest BCUT2D eigenvalue weighted by atomic mass is 10.2. The fraction of sp³-hybridized carbons (Fsp3) is 0.625. The van der Waals surface area contributed by atoms with Crippen LogP contribution in [-0.2, 0) is 9.53 Å². The smallest absolute Gasteiger partial charge is 0.431 e. The van der Waals surface area contributed by atoms with E-state index >= 15 is 0 Å². The first kappa shape index (κ1) is 15.6. The van der Waals surface area contributed by atoms with Gasteiger partial charge in [0, 0.05) is 0 Å². The van der Waals surface area contributed by atoms with Crippen LogP contribution in [0.3, 0.4) is 0 Å². The molecule has 0 heterocycles. The van der Waals surface area contributed by atoms with Gasteiger partial charge in [-0.25, -0.2) is 0 Å². The first-order valence-corrected chi connectivity index (χ1v) is 4.92. The quantitative estimate of drug-likeness (QED) is 0.346. The van der Waals surface area contributed by atoms with Crippen LogP contribution in [0, 0.1) is 0 Å². The Morgan fingerprint density at radius 3 is 2.41 bits per heavy atom. The molecular weight excluding hydrogens is 259 g/mol. The van der Waals surface area contributed by atoms with Crippen LogP contribution in [0.5, 0.6) is 0 Å². The standard InChI is InChI=1S/C8H12F3N3O2S/c1-4(2)16-6(15)3-5(8(9,10)11)13-14-7(12)17/h4H,3H2,1-2H3,(H3,12,14,17). The Balaban J connectivity index is 4.67. The molecule has 0 saturated heterocycles. The fourth-order valence-electron chi connectivity index (χ4n) is 0.767. The molecule has 0 fully saturated rings. The predicted octanol–water partition coefficient (Wildman–Crippen LogP) is 1.08. The number of hydrogen-bond acceptors (Lipinski definition) is 4. The van der Waals surface area contributed by atoms with Gasteiger partial charge in [-0.15, -0.1) is 0 Å². The van der Waals surface area contributed by atoms with E-state index in [2.05, 4.69) is 22.1 Å². The zero-order valence-electron chi connectivity index (χ0n) is 9.17. The zero-order valence-corrected chi connectivity index (χ0v) is 9.98. The minimum absolute atomic E-state index is 0.427. The number of rotatable bonds is 4. The summed E-state index contributed by atoms with van der Waals surface area (Å²) in [7, 11) is 0. The molecule has 0 saturated carbocycles. The van der Waals surface area contributed by atoms with Gasteiger partial charge in [0.05, 0.1) is 12.5 Å². The van der Waals surface area contributed by atoms with E-state index in [0.29, 0.717) is 0 Å². The number of thiocarbonyl (C=S) groups is 1. The second-order valence-corrected chi connectivity index (χ2v) is 3.69. The Hall–Kier alpha value is -1.38. The van der Waals surface area contributed by atoms with Gasteiger partial charge in [0.25, 0.3) is 0 Å². The third-order valence-corrected chi connectivity index (χ3v) is 1.40. The molecule has 98 valence electrons.